The molecule has 21 heavy (non-hydrogen) atoms. The quantitative estimate of drug-likeness (QED) is 0.728. The van der Waals surface area contributed by atoms with Crippen LogP contribution in [0.5, 0.6) is 5.88 Å². The monoisotopic (exact) mass is 284 g/mol. The van der Waals surface area contributed by atoms with Gasteiger partial charge in [-0.3, -0.25) is 0 Å². The lowest BCUT2D eigenvalue weighted by molar-refractivity contribution is 0.327. The standard InChI is InChI=1S/C16H13FN2O2/c1-2-20-15-9-12(7-8-18-15)14-10-19-21-16(14)11-3-5-13(17)6-4-11/h3-10H,2H2,1H3. The van der Waals surface area contributed by atoms with Gasteiger partial charge in [-0.05, 0) is 42.8 Å². The third kappa shape index (κ3) is 2.76. The number of nitrogens with zero attached hydrogens (tertiary/aromatic N) is 2. The van der Waals surface area contributed by atoms with E-state index in [9.17, 15) is 4.39 Å². The van der Waals surface area contributed by atoms with Gasteiger partial charge in [-0.1, -0.05) is 5.16 Å². The smallest absolute Gasteiger partial charge is 0.213 e. The first kappa shape index (κ1) is 13.3. The van der Waals surface area contributed by atoms with E-state index in [1.54, 1.807) is 24.5 Å². The first-order chi connectivity index (χ1) is 10.3. The predicted octanol–water partition coefficient (Wildman–Crippen LogP) is 3.94. The van der Waals surface area contributed by atoms with Crippen LogP contribution in [0.4, 0.5) is 4.39 Å². The van der Waals surface area contributed by atoms with Crippen molar-refractivity contribution >= 4 is 0 Å². The van der Waals surface area contributed by atoms with Gasteiger partial charge >= 0.3 is 0 Å². The molecule has 0 unspecified atom stereocenters. The molecule has 0 radical (unpaired) electrons. The average molecular weight is 284 g/mol. The Hall–Kier alpha value is -2.69. The van der Waals surface area contributed by atoms with E-state index in [2.05, 4.69) is 10.1 Å². The van der Waals surface area contributed by atoms with Crippen LogP contribution in [-0.2, 0) is 0 Å². The van der Waals surface area contributed by atoms with Gasteiger partial charge in [-0.15, -0.1) is 0 Å². The van der Waals surface area contributed by atoms with Crippen LogP contribution in [0.25, 0.3) is 22.5 Å². The lowest BCUT2D eigenvalue weighted by Gasteiger charge is -2.05. The van der Waals surface area contributed by atoms with E-state index in [-0.39, 0.29) is 5.82 Å². The number of rotatable bonds is 4. The fourth-order valence-corrected chi connectivity index (χ4v) is 2.06. The minimum absolute atomic E-state index is 0.289. The van der Waals surface area contributed by atoms with Crippen molar-refractivity contribution in [2.24, 2.45) is 0 Å². The van der Waals surface area contributed by atoms with E-state index in [1.807, 2.05) is 19.1 Å². The van der Waals surface area contributed by atoms with Crippen molar-refractivity contribution < 1.29 is 13.7 Å². The van der Waals surface area contributed by atoms with E-state index < -0.39 is 0 Å². The zero-order chi connectivity index (χ0) is 14.7. The van der Waals surface area contributed by atoms with Gasteiger partial charge in [-0.2, -0.15) is 0 Å². The molecule has 0 atom stereocenters. The van der Waals surface area contributed by atoms with E-state index in [1.165, 1.54) is 12.1 Å². The van der Waals surface area contributed by atoms with Crippen LogP contribution >= 0.6 is 0 Å². The average Bonchev–Trinajstić information content (AvgIpc) is 2.98. The summed E-state index contributed by atoms with van der Waals surface area (Å²) in [7, 11) is 0. The van der Waals surface area contributed by atoms with Crippen LogP contribution in [0.1, 0.15) is 6.92 Å². The molecule has 0 aliphatic carbocycles. The van der Waals surface area contributed by atoms with Gasteiger partial charge in [0, 0.05) is 23.4 Å². The van der Waals surface area contributed by atoms with Crippen LogP contribution in [0.15, 0.2) is 53.3 Å². The Kier molecular flexibility index (Phi) is 3.64. The lowest BCUT2D eigenvalue weighted by atomic mass is 10.0. The molecule has 0 amide bonds. The summed E-state index contributed by atoms with van der Waals surface area (Å²) in [5.74, 6) is 0.840. The highest BCUT2D eigenvalue weighted by Gasteiger charge is 2.13. The number of hydrogen-bond donors (Lipinski definition) is 0. The van der Waals surface area contributed by atoms with Crippen molar-refractivity contribution in [1.82, 2.24) is 10.1 Å². The van der Waals surface area contributed by atoms with Crippen LogP contribution in [0, 0.1) is 5.82 Å². The van der Waals surface area contributed by atoms with Crippen LogP contribution in [-0.4, -0.2) is 16.7 Å². The fourth-order valence-electron chi connectivity index (χ4n) is 2.06. The van der Waals surface area contributed by atoms with Gasteiger partial charge < -0.3 is 9.26 Å². The molecular formula is C16H13FN2O2. The van der Waals surface area contributed by atoms with E-state index in [0.717, 1.165) is 16.7 Å². The van der Waals surface area contributed by atoms with E-state index >= 15 is 0 Å². The molecule has 1 aromatic carbocycles. The molecule has 0 bridgehead atoms. The van der Waals surface area contributed by atoms with Crippen LogP contribution in [0.3, 0.4) is 0 Å². The highest BCUT2D eigenvalue weighted by atomic mass is 19.1. The number of hydrogen-bond acceptors (Lipinski definition) is 4. The Morgan fingerprint density at radius 2 is 1.95 bits per heavy atom. The maximum absolute atomic E-state index is 13.0. The summed E-state index contributed by atoms with van der Waals surface area (Å²) in [6.45, 7) is 2.45. The van der Waals surface area contributed by atoms with Crippen molar-refractivity contribution in [2.45, 2.75) is 6.92 Å². The second kappa shape index (κ2) is 5.75. The molecule has 0 aliphatic rings. The maximum Gasteiger partial charge on any atom is 0.213 e. The second-order valence-electron chi connectivity index (χ2n) is 4.39. The lowest BCUT2D eigenvalue weighted by Crippen LogP contribution is -1.94. The van der Waals surface area contributed by atoms with Crippen molar-refractivity contribution in [3.8, 4) is 28.3 Å². The largest absolute Gasteiger partial charge is 0.478 e. The third-order valence-electron chi connectivity index (χ3n) is 3.01. The first-order valence-corrected chi connectivity index (χ1v) is 6.57. The SMILES string of the molecule is CCOc1cc(-c2cnoc2-c2ccc(F)cc2)ccn1. The summed E-state index contributed by atoms with van der Waals surface area (Å²) in [5.41, 5.74) is 2.46. The van der Waals surface area contributed by atoms with Crippen molar-refractivity contribution in [2.75, 3.05) is 6.61 Å². The second-order valence-corrected chi connectivity index (χ2v) is 4.39. The van der Waals surface area contributed by atoms with Gasteiger partial charge in [-0.25, -0.2) is 9.37 Å². The van der Waals surface area contributed by atoms with Gasteiger partial charge in [0.1, 0.15) is 5.82 Å². The Labute approximate surface area is 121 Å². The highest BCUT2D eigenvalue weighted by molar-refractivity contribution is 5.79. The molecule has 2 aromatic heterocycles. The zero-order valence-electron chi connectivity index (χ0n) is 11.4. The van der Waals surface area contributed by atoms with Crippen LogP contribution in [0.2, 0.25) is 0 Å². The molecule has 0 spiro atoms. The first-order valence-electron chi connectivity index (χ1n) is 6.57. The summed E-state index contributed by atoms with van der Waals surface area (Å²) >= 11 is 0. The van der Waals surface area contributed by atoms with Crippen LogP contribution < -0.4 is 4.74 Å². The Bertz CT molecular complexity index is 738. The topological polar surface area (TPSA) is 48.2 Å². The zero-order valence-corrected chi connectivity index (χ0v) is 11.4. The van der Waals surface area contributed by atoms with Crippen molar-refractivity contribution in [3.05, 3.63) is 54.6 Å². The highest BCUT2D eigenvalue weighted by Crippen LogP contribution is 2.32. The number of benzene rings is 1. The van der Waals surface area contributed by atoms with E-state index in [0.29, 0.717) is 18.2 Å². The molecule has 4 nitrogen and oxygen atoms in total. The molecule has 0 saturated heterocycles. The summed E-state index contributed by atoms with van der Waals surface area (Å²) in [6.07, 6.45) is 3.30. The number of ether oxygens (including phenoxy) is 1. The molecular weight excluding hydrogens is 271 g/mol. The molecule has 0 saturated carbocycles. The Morgan fingerprint density at radius 1 is 1.14 bits per heavy atom. The molecule has 3 rings (SSSR count). The minimum atomic E-state index is -0.289. The number of halogens is 1. The molecule has 0 N–H and O–H groups in total. The maximum atomic E-state index is 13.0. The number of pyridine rings is 1. The molecule has 106 valence electrons. The normalized spacial score (nSPS) is 10.6. The van der Waals surface area contributed by atoms with E-state index in [4.69, 9.17) is 9.26 Å². The van der Waals surface area contributed by atoms with Crippen molar-refractivity contribution in [1.29, 1.82) is 0 Å². The number of aromatic nitrogens is 2. The third-order valence-corrected chi connectivity index (χ3v) is 3.01. The van der Waals surface area contributed by atoms with Gasteiger partial charge in [0.05, 0.1) is 12.8 Å². The fraction of sp³-hybridized carbons (Fsp3) is 0.125. The Balaban J connectivity index is 2.02. The van der Waals surface area contributed by atoms with Gasteiger partial charge in [0.2, 0.25) is 5.88 Å². The minimum Gasteiger partial charge on any atom is -0.478 e. The molecule has 3 aromatic rings. The summed E-state index contributed by atoms with van der Waals surface area (Å²) in [5, 5.41) is 3.84. The predicted molar refractivity (Wildman–Crippen MR) is 76.3 cm³/mol. The summed E-state index contributed by atoms with van der Waals surface area (Å²) < 4.78 is 23.7. The summed E-state index contributed by atoms with van der Waals surface area (Å²) in [4.78, 5) is 4.13. The van der Waals surface area contributed by atoms with Gasteiger partial charge in [0.25, 0.3) is 0 Å². The molecule has 0 aliphatic heterocycles. The molecule has 2 heterocycles. The molecule has 0 fully saturated rings. The molecule has 5 heteroatoms. The Morgan fingerprint density at radius 3 is 2.71 bits per heavy atom. The van der Waals surface area contributed by atoms with Crippen molar-refractivity contribution in [3.63, 3.8) is 0 Å². The summed E-state index contributed by atoms with van der Waals surface area (Å²) in [6, 6.07) is 9.76. The van der Waals surface area contributed by atoms with Gasteiger partial charge in [0.15, 0.2) is 5.76 Å².